The van der Waals surface area contributed by atoms with Crippen molar-refractivity contribution in [3.05, 3.63) is 54.3 Å². The highest BCUT2D eigenvalue weighted by Crippen LogP contribution is 2.52. The number of benzene rings is 1. The van der Waals surface area contributed by atoms with E-state index in [-0.39, 0.29) is 5.04 Å². The molecular weight excluding hydrogens is 270 g/mol. The van der Waals surface area contributed by atoms with E-state index >= 15 is 0 Å². The molecule has 0 aliphatic carbocycles. The lowest BCUT2D eigenvalue weighted by molar-refractivity contribution is 0.709. The van der Waals surface area contributed by atoms with Crippen molar-refractivity contribution in [3.63, 3.8) is 0 Å². The van der Waals surface area contributed by atoms with E-state index in [0.717, 1.165) is 6.54 Å². The number of rotatable bonds is 1. The zero-order valence-electron chi connectivity index (χ0n) is 13.9. The molecule has 110 valence electrons. The highest BCUT2D eigenvalue weighted by Gasteiger charge is 2.50. The lowest BCUT2D eigenvalue weighted by Gasteiger charge is -2.53. The van der Waals surface area contributed by atoms with Crippen LogP contribution >= 0.6 is 0 Å². The van der Waals surface area contributed by atoms with E-state index in [9.17, 15) is 0 Å². The molecule has 0 spiro atoms. The van der Waals surface area contributed by atoms with Crippen LogP contribution in [0.4, 0.5) is 5.69 Å². The minimum absolute atomic E-state index is 0.173. The van der Waals surface area contributed by atoms with Crippen LogP contribution in [-0.2, 0) is 0 Å². The number of nitrogens with zero attached hydrogens (tertiary/aromatic N) is 1. The van der Waals surface area contributed by atoms with Gasteiger partial charge in [-0.3, -0.25) is 0 Å². The molecule has 2 heterocycles. The molecule has 0 atom stereocenters. The Hall–Kier alpha value is -1.54. The first-order chi connectivity index (χ1) is 9.73. The van der Waals surface area contributed by atoms with E-state index in [1.54, 1.807) is 5.19 Å². The largest absolute Gasteiger partial charge is 0.341 e. The minimum atomic E-state index is -1.63. The van der Waals surface area contributed by atoms with Gasteiger partial charge in [0, 0.05) is 28.5 Å². The van der Waals surface area contributed by atoms with Gasteiger partial charge in [0.05, 0.1) is 8.07 Å². The molecule has 0 saturated carbocycles. The first kappa shape index (κ1) is 14.4. The van der Waals surface area contributed by atoms with Crippen molar-refractivity contribution in [2.45, 2.75) is 38.9 Å². The molecule has 1 aromatic carbocycles. The fraction of sp³-hybridized carbons (Fsp3) is 0.368. The Kier molecular flexibility index (Phi) is 2.90. The summed E-state index contributed by atoms with van der Waals surface area (Å²) in [7, 11) is -1.63. The van der Waals surface area contributed by atoms with Crippen LogP contribution < -0.4 is 10.1 Å². The lowest BCUT2D eigenvalue weighted by Crippen LogP contribution is -2.60. The Balaban J connectivity index is 2.41. The molecule has 1 nitrogen and oxygen atoms in total. The van der Waals surface area contributed by atoms with Crippen molar-refractivity contribution in [3.8, 4) is 0 Å². The predicted molar refractivity (Wildman–Crippen MR) is 97.0 cm³/mol. The first-order valence-corrected chi connectivity index (χ1v) is 10.7. The van der Waals surface area contributed by atoms with Gasteiger partial charge in [0.2, 0.25) is 0 Å². The molecule has 2 aliphatic rings. The van der Waals surface area contributed by atoms with Gasteiger partial charge in [0.1, 0.15) is 0 Å². The molecule has 0 unspecified atom stereocenters. The molecule has 0 bridgehead atoms. The molecule has 0 saturated heterocycles. The summed E-state index contributed by atoms with van der Waals surface area (Å²) in [5.74, 6) is 0. The Morgan fingerprint density at radius 2 is 1.95 bits per heavy atom. The second kappa shape index (κ2) is 4.23. The first-order valence-electron chi connectivity index (χ1n) is 7.67. The monoisotopic (exact) mass is 295 g/mol. The molecule has 0 fully saturated rings. The fourth-order valence-electron chi connectivity index (χ4n) is 3.69. The summed E-state index contributed by atoms with van der Waals surface area (Å²) < 4.78 is 0. The Morgan fingerprint density at radius 3 is 2.57 bits per heavy atom. The molecule has 0 radical (unpaired) electrons. The summed E-state index contributed by atoms with van der Waals surface area (Å²) in [5.41, 5.74) is 6.66. The van der Waals surface area contributed by atoms with Gasteiger partial charge in [-0.2, -0.15) is 0 Å². The van der Waals surface area contributed by atoms with Crippen LogP contribution in [0.3, 0.4) is 0 Å². The average Bonchev–Trinajstić information content (AvgIpc) is 2.44. The Bertz CT molecular complexity index is 692. The summed E-state index contributed by atoms with van der Waals surface area (Å²) in [6.45, 7) is 21.3. The van der Waals surface area contributed by atoms with Gasteiger partial charge < -0.3 is 4.90 Å². The van der Waals surface area contributed by atoms with Crippen molar-refractivity contribution in [2.24, 2.45) is 0 Å². The SMILES string of the molecule is C=CC1=CCN2C(=C)C(C)(C)[Si](C)(C)c3ccc(C)c1c32. The highest BCUT2D eigenvalue weighted by atomic mass is 28.3. The van der Waals surface area contributed by atoms with E-state index in [1.165, 1.54) is 28.1 Å². The van der Waals surface area contributed by atoms with Gasteiger partial charge in [-0.1, -0.05) is 64.4 Å². The van der Waals surface area contributed by atoms with Gasteiger partial charge in [0.25, 0.3) is 0 Å². The highest BCUT2D eigenvalue weighted by molar-refractivity contribution is 6.94. The van der Waals surface area contributed by atoms with Gasteiger partial charge in [-0.25, -0.2) is 0 Å². The minimum Gasteiger partial charge on any atom is -0.341 e. The van der Waals surface area contributed by atoms with Crippen molar-refractivity contribution in [1.29, 1.82) is 0 Å². The van der Waals surface area contributed by atoms with Crippen LogP contribution in [-0.4, -0.2) is 14.6 Å². The summed E-state index contributed by atoms with van der Waals surface area (Å²) in [4.78, 5) is 2.43. The van der Waals surface area contributed by atoms with Gasteiger partial charge in [-0.05, 0) is 23.2 Å². The van der Waals surface area contributed by atoms with Crippen LogP contribution in [0.2, 0.25) is 18.1 Å². The number of allylic oxidation sites excluding steroid dienone is 3. The summed E-state index contributed by atoms with van der Waals surface area (Å²) in [5, 5.41) is 1.74. The van der Waals surface area contributed by atoms with Gasteiger partial charge >= 0.3 is 0 Å². The standard InChI is InChI=1S/C19H25NSi/c1-8-15-11-12-20-14(3)19(4,5)21(6,7)16-10-9-13(2)17(15)18(16)20/h8-11H,1,3,12H2,2,4-7H3. The Morgan fingerprint density at radius 1 is 1.29 bits per heavy atom. The summed E-state index contributed by atoms with van der Waals surface area (Å²) in [6, 6.07) is 4.65. The molecule has 2 heteroatoms. The topological polar surface area (TPSA) is 3.24 Å². The van der Waals surface area contributed by atoms with Crippen LogP contribution in [0, 0.1) is 6.92 Å². The van der Waals surface area contributed by atoms with Crippen molar-refractivity contribution in [1.82, 2.24) is 0 Å². The fourth-order valence-corrected chi connectivity index (χ4v) is 6.57. The van der Waals surface area contributed by atoms with Crippen LogP contribution in [0.5, 0.6) is 0 Å². The normalized spacial score (nSPS) is 21.7. The third-order valence-electron chi connectivity index (χ3n) is 5.94. The number of aryl methyl sites for hydroxylation is 1. The van der Waals surface area contributed by atoms with E-state index in [2.05, 4.69) is 70.1 Å². The van der Waals surface area contributed by atoms with E-state index in [0.29, 0.717) is 0 Å². The Labute approximate surface area is 129 Å². The summed E-state index contributed by atoms with van der Waals surface area (Å²) in [6.07, 6.45) is 4.28. The van der Waals surface area contributed by atoms with E-state index in [4.69, 9.17) is 0 Å². The smallest absolute Gasteiger partial charge is 0.0950 e. The zero-order chi connectivity index (χ0) is 15.6. The molecule has 1 aromatic rings. The van der Waals surface area contributed by atoms with E-state index in [1.807, 2.05) is 6.08 Å². The third kappa shape index (κ3) is 1.63. The molecule has 0 N–H and O–H groups in total. The lowest BCUT2D eigenvalue weighted by atomic mass is 9.92. The average molecular weight is 296 g/mol. The number of hydrogen-bond donors (Lipinski definition) is 0. The number of hydrogen-bond acceptors (Lipinski definition) is 1. The molecule has 0 aromatic heterocycles. The van der Waals surface area contributed by atoms with Crippen LogP contribution in [0.25, 0.3) is 5.57 Å². The van der Waals surface area contributed by atoms with Crippen LogP contribution in [0.1, 0.15) is 25.0 Å². The van der Waals surface area contributed by atoms with E-state index < -0.39 is 8.07 Å². The van der Waals surface area contributed by atoms with Crippen molar-refractivity contribution < 1.29 is 0 Å². The maximum absolute atomic E-state index is 4.47. The third-order valence-corrected chi connectivity index (χ3v) is 11.1. The second-order valence-corrected chi connectivity index (χ2v) is 12.4. The maximum Gasteiger partial charge on any atom is 0.0950 e. The number of anilines is 1. The molecule has 21 heavy (non-hydrogen) atoms. The zero-order valence-corrected chi connectivity index (χ0v) is 14.9. The van der Waals surface area contributed by atoms with Crippen molar-refractivity contribution in [2.75, 3.05) is 11.4 Å². The molecular formula is C19H25NSi. The maximum atomic E-state index is 4.47. The molecule has 3 rings (SSSR count). The predicted octanol–water partition coefficient (Wildman–Crippen LogP) is 4.61. The second-order valence-electron chi connectivity index (χ2n) is 7.32. The van der Waals surface area contributed by atoms with Crippen LogP contribution in [0.15, 0.2) is 43.1 Å². The quantitative estimate of drug-likeness (QED) is 0.684. The van der Waals surface area contributed by atoms with Crippen molar-refractivity contribution >= 4 is 24.5 Å². The van der Waals surface area contributed by atoms with Gasteiger partial charge in [-0.15, -0.1) is 0 Å². The molecule has 0 amide bonds. The molecule has 2 aliphatic heterocycles. The summed E-state index contributed by atoms with van der Waals surface area (Å²) >= 11 is 0. The van der Waals surface area contributed by atoms with Gasteiger partial charge in [0.15, 0.2) is 0 Å².